The number of ether oxygens (including phenoxy) is 1. The summed E-state index contributed by atoms with van der Waals surface area (Å²) < 4.78 is 6.15. The lowest BCUT2D eigenvalue weighted by Crippen LogP contribution is -2.52. The molecule has 2 saturated carbocycles. The van der Waals surface area contributed by atoms with Crippen LogP contribution in [0.3, 0.4) is 0 Å². The summed E-state index contributed by atoms with van der Waals surface area (Å²) in [7, 11) is 0. The molecule has 212 valence electrons. The Morgan fingerprint density at radius 1 is 0.730 bits per heavy atom. The Bertz CT molecular complexity index is 765. The van der Waals surface area contributed by atoms with Crippen molar-refractivity contribution in [3.63, 3.8) is 0 Å². The maximum Gasteiger partial charge on any atom is 0.227 e. The molecule has 0 unspecified atom stereocenters. The van der Waals surface area contributed by atoms with Gasteiger partial charge in [0.05, 0.1) is 11.7 Å². The molecule has 0 bridgehead atoms. The number of nitrogens with zero attached hydrogens (tertiary/aromatic N) is 3. The van der Waals surface area contributed by atoms with Gasteiger partial charge in [-0.25, -0.2) is 0 Å². The van der Waals surface area contributed by atoms with Crippen LogP contribution in [0.1, 0.15) is 106 Å². The zero-order valence-corrected chi connectivity index (χ0v) is 24.8. The van der Waals surface area contributed by atoms with Crippen molar-refractivity contribution in [3.05, 3.63) is 0 Å². The van der Waals surface area contributed by atoms with E-state index < -0.39 is 0 Å². The minimum atomic E-state index is -0.267. The Morgan fingerprint density at radius 2 is 1.30 bits per heavy atom. The molecule has 0 aromatic heterocycles. The van der Waals surface area contributed by atoms with Gasteiger partial charge in [-0.05, 0) is 96.3 Å². The summed E-state index contributed by atoms with van der Waals surface area (Å²) in [5.74, 6) is 1.70. The third kappa shape index (κ3) is 7.71. The molecule has 4 fully saturated rings. The van der Waals surface area contributed by atoms with Gasteiger partial charge in [-0.2, -0.15) is 0 Å². The number of rotatable bonds is 4. The van der Waals surface area contributed by atoms with Gasteiger partial charge in [0.1, 0.15) is 0 Å². The zero-order chi connectivity index (χ0) is 26.8. The third-order valence-corrected chi connectivity index (χ3v) is 9.66. The van der Waals surface area contributed by atoms with E-state index in [1.807, 2.05) is 20.8 Å². The van der Waals surface area contributed by atoms with Gasteiger partial charge < -0.3 is 14.5 Å². The van der Waals surface area contributed by atoms with E-state index >= 15 is 0 Å². The van der Waals surface area contributed by atoms with E-state index in [4.69, 9.17) is 4.74 Å². The summed E-state index contributed by atoms with van der Waals surface area (Å²) in [5.41, 5.74) is 0.116. The summed E-state index contributed by atoms with van der Waals surface area (Å²) in [6, 6.07) is 0. The van der Waals surface area contributed by atoms with Crippen LogP contribution in [0.4, 0.5) is 0 Å². The molecule has 2 heterocycles. The normalized spacial score (nSPS) is 28.5. The number of amides is 2. The lowest BCUT2D eigenvalue weighted by Gasteiger charge is -2.47. The molecule has 0 atom stereocenters. The van der Waals surface area contributed by atoms with Gasteiger partial charge in [0.25, 0.3) is 0 Å². The summed E-state index contributed by atoms with van der Waals surface area (Å²) in [6.07, 6.45) is 12.0. The van der Waals surface area contributed by atoms with Crippen molar-refractivity contribution in [2.24, 2.45) is 22.7 Å². The highest BCUT2D eigenvalue weighted by molar-refractivity contribution is 5.81. The Hall–Kier alpha value is -1.14. The summed E-state index contributed by atoms with van der Waals surface area (Å²) in [5, 5.41) is 0. The van der Waals surface area contributed by atoms with Crippen LogP contribution in [0.5, 0.6) is 0 Å². The Labute approximate surface area is 226 Å². The van der Waals surface area contributed by atoms with Gasteiger partial charge in [-0.3, -0.25) is 14.5 Å². The number of hydrogen-bond acceptors (Lipinski definition) is 4. The van der Waals surface area contributed by atoms with E-state index in [0.29, 0.717) is 23.3 Å². The van der Waals surface area contributed by atoms with Crippen molar-refractivity contribution < 1.29 is 14.3 Å². The number of piperidine rings is 1. The van der Waals surface area contributed by atoms with E-state index in [2.05, 4.69) is 35.5 Å². The summed E-state index contributed by atoms with van der Waals surface area (Å²) in [6.45, 7) is 19.4. The number of carbonyl (C=O) groups excluding carboxylic acids is 2. The second-order valence-electron chi connectivity index (χ2n) is 14.8. The molecule has 0 radical (unpaired) electrons. The lowest BCUT2D eigenvalue weighted by atomic mass is 9.65. The molecule has 0 aromatic rings. The second-order valence-corrected chi connectivity index (χ2v) is 14.8. The monoisotopic (exact) mass is 517 g/mol. The highest BCUT2D eigenvalue weighted by Crippen LogP contribution is 2.47. The van der Waals surface area contributed by atoms with Crippen LogP contribution in [0.25, 0.3) is 0 Å². The molecular weight excluding hydrogens is 462 g/mol. The van der Waals surface area contributed by atoms with Gasteiger partial charge in [0.15, 0.2) is 0 Å². The predicted molar refractivity (Wildman–Crippen MR) is 149 cm³/mol. The van der Waals surface area contributed by atoms with Crippen LogP contribution in [-0.4, -0.2) is 84.0 Å². The van der Waals surface area contributed by atoms with Crippen LogP contribution >= 0.6 is 0 Å². The molecule has 37 heavy (non-hydrogen) atoms. The average Bonchev–Trinajstić information content (AvgIpc) is 2.85. The van der Waals surface area contributed by atoms with Crippen molar-refractivity contribution >= 4 is 11.8 Å². The van der Waals surface area contributed by atoms with Gasteiger partial charge in [-0.1, -0.05) is 20.8 Å². The van der Waals surface area contributed by atoms with E-state index in [-0.39, 0.29) is 16.9 Å². The zero-order valence-electron chi connectivity index (χ0n) is 24.8. The SMILES string of the molecule is CC(C)(C)OC1CCC(C(=O)N2CCN(CC3CCC4(CC3)CCN(C(=O)C(C)(C)C)CC4)CC2)CC1. The minimum Gasteiger partial charge on any atom is -0.373 e. The van der Waals surface area contributed by atoms with E-state index in [1.54, 1.807) is 0 Å². The topological polar surface area (TPSA) is 53.1 Å². The number of carbonyl (C=O) groups is 2. The standard InChI is InChI=1S/C31H55N3O3/c1-29(2,3)28(36)34-17-15-31(16-18-34)13-11-24(12-14-31)23-32-19-21-33(22-20-32)27(35)25-7-9-26(10-8-25)37-30(4,5)6/h24-26H,7-23H2,1-6H3. The highest BCUT2D eigenvalue weighted by Gasteiger charge is 2.41. The fourth-order valence-corrected chi connectivity index (χ4v) is 7.33. The van der Waals surface area contributed by atoms with E-state index in [0.717, 1.165) is 70.9 Å². The first-order chi connectivity index (χ1) is 17.3. The molecule has 6 heteroatoms. The minimum absolute atomic E-state index is 0.0963. The number of piperazine rings is 1. The molecule has 4 aliphatic rings. The second kappa shape index (κ2) is 11.5. The molecule has 0 N–H and O–H groups in total. The molecule has 0 aromatic carbocycles. The van der Waals surface area contributed by atoms with Crippen molar-refractivity contribution in [2.75, 3.05) is 45.8 Å². The van der Waals surface area contributed by atoms with Crippen molar-refractivity contribution in [2.45, 2.75) is 117 Å². The fraction of sp³-hybridized carbons (Fsp3) is 0.935. The van der Waals surface area contributed by atoms with Gasteiger partial charge in [0, 0.05) is 57.1 Å². The molecule has 4 rings (SSSR count). The van der Waals surface area contributed by atoms with Crippen molar-refractivity contribution in [3.8, 4) is 0 Å². The van der Waals surface area contributed by atoms with Crippen molar-refractivity contribution in [1.29, 1.82) is 0 Å². The van der Waals surface area contributed by atoms with Gasteiger partial charge in [-0.15, -0.1) is 0 Å². The Kier molecular flexibility index (Phi) is 9.00. The van der Waals surface area contributed by atoms with Crippen LogP contribution in [0.15, 0.2) is 0 Å². The molecule has 6 nitrogen and oxygen atoms in total. The average molecular weight is 518 g/mol. The molecule has 2 aliphatic heterocycles. The largest absolute Gasteiger partial charge is 0.373 e. The summed E-state index contributed by atoms with van der Waals surface area (Å²) in [4.78, 5) is 32.7. The molecule has 1 spiro atoms. The predicted octanol–water partition coefficient (Wildman–Crippen LogP) is 5.35. The number of likely N-dealkylation sites (tertiary alicyclic amines) is 1. The summed E-state index contributed by atoms with van der Waals surface area (Å²) >= 11 is 0. The van der Waals surface area contributed by atoms with Crippen LogP contribution in [-0.2, 0) is 14.3 Å². The van der Waals surface area contributed by atoms with Crippen LogP contribution in [0.2, 0.25) is 0 Å². The van der Waals surface area contributed by atoms with E-state index in [1.165, 1.54) is 45.1 Å². The maximum absolute atomic E-state index is 13.2. The lowest BCUT2D eigenvalue weighted by molar-refractivity contribution is -0.143. The first-order valence-corrected chi connectivity index (χ1v) is 15.3. The van der Waals surface area contributed by atoms with Crippen LogP contribution in [0, 0.1) is 22.7 Å². The highest BCUT2D eigenvalue weighted by atomic mass is 16.5. The molecule has 2 saturated heterocycles. The smallest absolute Gasteiger partial charge is 0.227 e. The quantitative estimate of drug-likeness (QED) is 0.504. The van der Waals surface area contributed by atoms with Crippen LogP contribution < -0.4 is 0 Å². The Balaban J connectivity index is 1.13. The maximum atomic E-state index is 13.2. The van der Waals surface area contributed by atoms with Crippen molar-refractivity contribution in [1.82, 2.24) is 14.7 Å². The van der Waals surface area contributed by atoms with Gasteiger partial charge >= 0.3 is 0 Å². The molecule has 2 amide bonds. The fourth-order valence-electron chi connectivity index (χ4n) is 7.33. The first kappa shape index (κ1) is 28.9. The van der Waals surface area contributed by atoms with E-state index in [9.17, 15) is 9.59 Å². The molecular formula is C31H55N3O3. The Morgan fingerprint density at radius 3 is 1.81 bits per heavy atom. The number of hydrogen-bond donors (Lipinski definition) is 0. The molecule has 2 aliphatic carbocycles. The third-order valence-electron chi connectivity index (χ3n) is 9.66. The van der Waals surface area contributed by atoms with Gasteiger partial charge in [0.2, 0.25) is 11.8 Å². The first-order valence-electron chi connectivity index (χ1n) is 15.3.